The molecule has 0 spiro atoms. The molecule has 2 rings (SSSR count). The van der Waals surface area contributed by atoms with E-state index in [1.807, 2.05) is 18.2 Å². The minimum Gasteiger partial charge on any atom is -0.496 e. The molecule has 1 atom stereocenters. The molecule has 0 aliphatic carbocycles. The van der Waals surface area contributed by atoms with Crippen LogP contribution < -0.4 is 4.74 Å². The second kappa shape index (κ2) is 6.68. The zero-order chi connectivity index (χ0) is 14.7. The van der Waals surface area contributed by atoms with E-state index in [0.29, 0.717) is 5.75 Å². The fourth-order valence-corrected chi connectivity index (χ4v) is 3.03. The van der Waals surface area contributed by atoms with Crippen LogP contribution in [0.5, 0.6) is 5.75 Å². The Hall–Kier alpha value is -0.940. The first-order valence-electron chi connectivity index (χ1n) is 5.93. The molecule has 106 valence electrons. The third kappa shape index (κ3) is 3.38. The summed E-state index contributed by atoms with van der Waals surface area (Å²) in [7, 11) is 1.57. The lowest BCUT2D eigenvalue weighted by atomic mass is 10.0. The van der Waals surface area contributed by atoms with Gasteiger partial charge in [-0.25, -0.2) is 8.78 Å². The van der Waals surface area contributed by atoms with Gasteiger partial charge in [0.25, 0.3) is 0 Å². The van der Waals surface area contributed by atoms with Crippen molar-refractivity contribution in [1.29, 1.82) is 0 Å². The van der Waals surface area contributed by atoms with Gasteiger partial charge in [0.1, 0.15) is 17.4 Å². The Morgan fingerprint density at radius 3 is 2.40 bits per heavy atom. The van der Waals surface area contributed by atoms with Crippen LogP contribution in [0, 0.1) is 11.6 Å². The first kappa shape index (κ1) is 15.4. The van der Waals surface area contributed by atoms with Gasteiger partial charge in [0.05, 0.1) is 7.11 Å². The van der Waals surface area contributed by atoms with Crippen molar-refractivity contribution in [3.63, 3.8) is 0 Å². The van der Waals surface area contributed by atoms with Gasteiger partial charge in [0.15, 0.2) is 0 Å². The number of ether oxygens (including phenoxy) is 1. The van der Waals surface area contributed by atoms with E-state index in [1.54, 1.807) is 7.11 Å². The van der Waals surface area contributed by atoms with E-state index in [9.17, 15) is 8.78 Å². The highest BCUT2D eigenvalue weighted by atomic mass is 79.9. The van der Waals surface area contributed by atoms with Gasteiger partial charge >= 0.3 is 0 Å². The normalized spacial score (nSPS) is 12.2. The van der Waals surface area contributed by atoms with Crippen LogP contribution in [-0.4, -0.2) is 7.11 Å². The first-order valence-corrected chi connectivity index (χ1v) is 7.64. The average molecular weight is 406 g/mol. The minimum absolute atomic E-state index is 0.0661. The van der Waals surface area contributed by atoms with Gasteiger partial charge in [0.2, 0.25) is 0 Å². The zero-order valence-corrected chi connectivity index (χ0v) is 13.8. The van der Waals surface area contributed by atoms with Crippen molar-refractivity contribution in [2.75, 3.05) is 7.11 Å². The highest BCUT2D eigenvalue weighted by Gasteiger charge is 2.18. The van der Waals surface area contributed by atoms with Crippen molar-refractivity contribution < 1.29 is 13.5 Å². The molecule has 5 heteroatoms. The second-order valence-corrected chi connectivity index (χ2v) is 6.28. The van der Waals surface area contributed by atoms with Gasteiger partial charge in [-0.2, -0.15) is 0 Å². The van der Waals surface area contributed by atoms with Crippen LogP contribution in [0.1, 0.15) is 16.0 Å². The lowest BCUT2D eigenvalue weighted by Crippen LogP contribution is -2.03. The van der Waals surface area contributed by atoms with Crippen LogP contribution >= 0.6 is 31.9 Å². The van der Waals surface area contributed by atoms with Crippen LogP contribution in [0.4, 0.5) is 8.78 Å². The van der Waals surface area contributed by atoms with Crippen molar-refractivity contribution in [1.82, 2.24) is 0 Å². The molecule has 1 unspecified atom stereocenters. The Morgan fingerprint density at radius 1 is 1.15 bits per heavy atom. The lowest BCUT2D eigenvalue weighted by molar-refractivity contribution is 0.409. The topological polar surface area (TPSA) is 9.23 Å². The number of rotatable bonds is 4. The van der Waals surface area contributed by atoms with Crippen LogP contribution in [0.2, 0.25) is 0 Å². The van der Waals surface area contributed by atoms with Gasteiger partial charge < -0.3 is 4.74 Å². The minimum atomic E-state index is -0.539. The first-order chi connectivity index (χ1) is 9.52. The average Bonchev–Trinajstić information content (AvgIpc) is 2.43. The summed E-state index contributed by atoms with van der Waals surface area (Å²) in [4.78, 5) is -0.249. The maximum Gasteiger partial charge on any atom is 0.129 e. The van der Waals surface area contributed by atoms with Crippen molar-refractivity contribution >= 4 is 31.9 Å². The summed E-state index contributed by atoms with van der Waals surface area (Å²) in [5.74, 6) is -0.404. The van der Waals surface area contributed by atoms with Crippen molar-refractivity contribution in [3.05, 3.63) is 63.6 Å². The molecule has 0 heterocycles. The van der Waals surface area contributed by atoms with Crippen LogP contribution in [0.3, 0.4) is 0 Å². The van der Waals surface area contributed by atoms with E-state index in [2.05, 4.69) is 31.9 Å². The molecule has 2 aromatic rings. The van der Waals surface area contributed by atoms with Gasteiger partial charge in [-0.05, 0) is 36.8 Å². The lowest BCUT2D eigenvalue weighted by Gasteiger charge is -2.15. The summed E-state index contributed by atoms with van der Waals surface area (Å²) in [5, 5.41) is 0. The maximum absolute atomic E-state index is 13.7. The molecule has 20 heavy (non-hydrogen) atoms. The molecular formula is C15H12Br2F2O. The van der Waals surface area contributed by atoms with E-state index in [1.165, 1.54) is 18.2 Å². The molecule has 0 aliphatic rings. The van der Waals surface area contributed by atoms with E-state index >= 15 is 0 Å². The van der Waals surface area contributed by atoms with Crippen molar-refractivity contribution in [3.8, 4) is 5.75 Å². The predicted molar refractivity (Wildman–Crippen MR) is 82.4 cm³/mol. The maximum atomic E-state index is 13.7. The summed E-state index contributed by atoms with van der Waals surface area (Å²) in [6.45, 7) is 0. The molecule has 0 aliphatic heterocycles. The molecule has 0 N–H and O–H groups in total. The van der Waals surface area contributed by atoms with E-state index in [4.69, 9.17) is 4.74 Å². The SMILES string of the molecule is COc1ccc(Br)cc1C(Br)Cc1c(F)cccc1F. The molecule has 0 fully saturated rings. The number of alkyl halides is 1. The highest BCUT2D eigenvalue weighted by molar-refractivity contribution is 9.10. The Morgan fingerprint density at radius 2 is 1.80 bits per heavy atom. The third-order valence-electron chi connectivity index (χ3n) is 2.97. The van der Waals surface area contributed by atoms with Gasteiger partial charge in [-0.1, -0.05) is 37.9 Å². The van der Waals surface area contributed by atoms with Crippen LogP contribution in [0.15, 0.2) is 40.9 Å². The van der Waals surface area contributed by atoms with Crippen LogP contribution in [0.25, 0.3) is 0 Å². The molecule has 0 saturated carbocycles. The molecule has 2 aromatic carbocycles. The largest absolute Gasteiger partial charge is 0.496 e. The molecule has 1 nitrogen and oxygen atoms in total. The van der Waals surface area contributed by atoms with E-state index in [-0.39, 0.29) is 16.8 Å². The molecule has 0 bridgehead atoms. The van der Waals surface area contributed by atoms with Gasteiger partial charge in [-0.15, -0.1) is 0 Å². The summed E-state index contributed by atoms with van der Waals surface area (Å²) < 4.78 is 33.5. The number of benzene rings is 2. The smallest absolute Gasteiger partial charge is 0.129 e. The monoisotopic (exact) mass is 404 g/mol. The molecule has 0 amide bonds. The third-order valence-corrected chi connectivity index (χ3v) is 4.28. The molecular weight excluding hydrogens is 394 g/mol. The van der Waals surface area contributed by atoms with E-state index < -0.39 is 11.6 Å². The fourth-order valence-electron chi connectivity index (χ4n) is 1.97. The zero-order valence-electron chi connectivity index (χ0n) is 10.7. The Labute approximate surface area is 133 Å². The van der Waals surface area contributed by atoms with Gasteiger partial charge in [-0.3, -0.25) is 0 Å². The summed E-state index contributed by atoms with van der Waals surface area (Å²) in [6, 6.07) is 9.41. The summed E-state index contributed by atoms with van der Waals surface area (Å²) in [6.07, 6.45) is 0.200. The van der Waals surface area contributed by atoms with Crippen molar-refractivity contribution in [2.24, 2.45) is 0 Å². The standard InChI is InChI=1S/C15H12Br2F2O/c1-20-15-6-5-9(16)7-10(15)12(17)8-11-13(18)3-2-4-14(11)19/h2-7,12H,8H2,1H3. The summed E-state index contributed by atoms with van der Waals surface area (Å²) in [5.41, 5.74) is 0.904. The Kier molecular flexibility index (Phi) is 5.16. The molecule has 0 radical (unpaired) electrons. The van der Waals surface area contributed by atoms with E-state index in [0.717, 1.165) is 10.0 Å². The Bertz CT molecular complexity index is 597. The summed E-state index contributed by atoms with van der Waals surface area (Å²) >= 11 is 6.87. The fraction of sp³-hybridized carbons (Fsp3) is 0.200. The van der Waals surface area contributed by atoms with Crippen LogP contribution in [-0.2, 0) is 6.42 Å². The van der Waals surface area contributed by atoms with Crippen molar-refractivity contribution in [2.45, 2.75) is 11.2 Å². The highest BCUT2D eigenvalue weighted by Crippen LogP contribution is 2.36. The molecule has 0 saturated heterocycles. The number of methoxy groups -OCH3 is 1. The molecule has 0 aromatic heterocycles. The Balaban J connectivity index is 2.33. The number of hydrogen-bond donors (Lipinski definition) is 0. The predicted octanol–water partition coefficient (Wildman–Crippen LogP) is 5.41. The quantitative estimate of drug-likeness (QED) is 0.617. The second-order valence-electron chi connectivity index (χ2n) is 4.26. The van der Waals surface area contributed by atoms with Gasteiger partial charge in [0, 0.05) is 20.4 Å². The number of hydrogen-bond acceptors (Lipinski definition) is 1. The number of halogens is 4.